The minimum absolute atomic E-state index is 0.235. The Morgan fingerprint density at radius 2 is 1.61 bits per heavy atom. The van der Waals surface area contributed by atoms with E-state index in [0.717, 1.165) is 0 Å². The van der Waals surface area contributed by atoms with Gasteiger partial charge in [0.1, 0.15) is 11.6 Å². The maximum absolute atomic E-state index is 13.1. The summed E-state index contributed by atoms with van der Waals surface area (Å²) in [6.45, 7) is 0. The summed E-state index contributed by atoms with van der Waals surface area (Å²) in [6, 6.07) is 24.0. The van der Waals surface area contributed by atoms with Gasteiger partial charge in [-0.2, -0.15) is 5.10 Å². The number of hydrogen-bond acceptors (Lipinski definition) is 3. The van der Waals surface area contributed by atoms with Gasteiger partial charge in [0.2, 0.25) is 0 Å². The van der Waals surface area contributed by atoms with Gasteiger partial charge in [-0.3, -0.25) is 4.79 Å². The number of amides is 1. The molecule has 0 radical (unpaired) electrons. The summed E-state index contributed by atoms with van der Waals surface area (Å²) in [5.74, 6) is 0.499. The highest BCUT2D eigenvalue weighted by atomic mass is 19.1. The van der Waals surface area contributed by atoms with E-state index in [9.17, 15) is 9.18 Å². The van der Waals surface area contributed by atoms with Crippen LogP contribution in [0, 0.1) is 5.82 Å². The van der Waals surface area contributed by atoms with Crippen molar-refractivity contribution in [3.05, 3.63) is 103 Å². The maximum atomic E-state index is 13.1. The monoisotopic (exact) mass is 373 g/mol. The average molecular weight is 373 g/mol. The van der Waals surface area contributed by atoms with Crippen LogP contribution in [0.3, 0.4) is 0 Å². The summed E-state index contributed by atoms with van der Waals surface area (Å²) in [4.78, 5) is 12.6. The Balaban J connectivity index is 1.52. The molecule has 0 aliphatic heterocycles. The third kappa shape index (κ3) is 3.91. The third-order valence-corrected chi connectivity index (χ3v) is 4.02. The normalized spacial score (nSPS) is 10.5. The third-order valence-electron chi connectivity index (χ3n) is 4.02. The van der Waals surface area contributed by atoms with Gasteiger partial charge in [-0.15, -0.1) is 0 Å². The zero-order valence-corrected chi connectivity index (χ0v) is 14.7. The molecule has 0 aliphatic carbocycles. The molecule has 0 bridgehead atoms. The van der Waals surface area contributed by atoms with Gasteiger partial charge >= 0.3 is 0 Å². The molecule has 1 amide bonds. The number of anilines is 1. The molecule has 3 aromatic carbocycles. The Morgan fingerprint density at radius 1 is 0.893 bits per heavy atom. The van der Waals surface area contributed by atoms with E-state index in [1.165, 1.54) is 16.8 Å². The van der Waals surface area contributed by atoms with E-state index in [0.29, 0.717) is 22.9 Å². The molecular formula is C22H16FN3O2. The van der Waals surface area contributed by atoms with Crippen molar-refractivity contribution < 1.29 is 13.9 Å². The second-order valence-electron chi connectivity index (χ2n) is 5.99. The Kier molecular flexibility index (Phi) is 4.84. The largest absolute Gasteiger partial charge is 0.455 e. The molecule has 4 rings (SSSR count). The predicted octanol–water partition coefficient (Wildman–Crippen LogP) is 5.06. The van der Waals surface area contributed by atoms with Crippen molar-refractivity contribution in [2.45, 2.75) is 0 Å². The number of benzene rings is 3. The first-order chi connectivity index (χ1) is 13.7. The number of rotatable bonds is 5. The molecule has 0 unspecified atom stereocenters. The first-order valence-corrected chi connectivity index (χ1v) is 8.64. The Morgan fingerprint density at radius 3 is 2.39 bits per heavy atom. The first kappa shape index (κ1) is 17.5. The van der Waals surface area contributed by atoms with E-state index in [2.05, 4.69) is 10.4 Å². The van der Waals surface area contributed by atoms with Crippen molar-refractivity contribution >= 4 is 11.6 Å². The van der Waals surface area contributed by atoms with E-state index in [1.807, 2.05) is 42.5 Å². The molecule has 0 atom stereocenters. The van der Waals surface area contributed by atoms with Gasteiger partial charge in [0.05, 0.1) is 11.4 Å². The van der Waals surface area contributed by atoms with Crippen LogP contribution in [0.2, 0.25) is 0 Å². The lowest BCUT2D eigenvalue weighted by Gasteiger charge is -2.11. The molecule has 4 aromatic rings. The van der Waals surface area contributed by atoms with Gasteiger partial charge in [0, 0.05) is 6.20 Å². The number of carbonyl (C=O) groups is 1. The van der Waals surface area contributed by atoms with Crippen LogP contribution in [0.5, 0.6) is 11.5 Å². The van der Waals surface area contributed by atoms with Gasteiger partial charge in [-0.05, 0) is 54.6 Å². The zero-order valence-electron chi connectivity index (χ0n) is 14.7. The average Bonchev–Trinajstić information content (AvgIpc) is 3.21. The molecule has 5 nitrogen and oxygen atoms in total. The lowest BCUT2D eigenvalue weighted by atomic mass is 10.2. The number of ether oxygens (including phenoxy) is 1. The Hall–Kier alpha value is -3.93. The number of halogens is 1. The molecule has 6 heteroatoms. The molecule has 1 aromatic heterocycles. The number of para-hydroxylation sites is 3. The number of carbonyl (C=O) groups excluding carboxylic acids is 1. The minimum atomic E-state index is -0.370. The molecule has 1 N–H and O–H groups in total. The lowest BCUT2D eigenvalue weighted by molar-refractivity contribution is 0.102. The zero-order chi connectivity index (χ0) is 19.3. The van der Waals surface area contributed by atoms with Crippen LogP contribution in [0.25, 0.3) is 5.69 Å². The van der Waals surface area contributed by atoms with Crippen LogP contribution >= 0.6 is 0 Å². The van der Waals surface area contributed by atoms with Crippen molar-refractivity contribution in [2.24, 2.45) is 0 Å². The van der Waals surface area contributed by atoms with Crippen LogP contribution in [-0.4, -0.2) is 15.7 Å². The smallest absolute Gasteiger partial charge is 0.276 e. The molecule has 0 spiro atoms. The van der Waals surface area contributed by atoms with Gasteiger partial charge in [0.15, 0.2) is 11.4 Å². The summed E-state index contributed by atoms with van der Waals surface area (Å²) in [5.41, 5.74) is 1.43. The highest BCUT2D eigenvalue weighted by molar-refractivity contribution is 6.03. The molecule has 1 heterocycles. The summed E-state index contributed by atoms with van der Waals surface area (Å²) >= 11 is 0. The van der Waals surface area contributed by atoms with Crippen molar-refractivity contribution in [1.82, 2.24) is 9.78 Å². The van der Waals surface area contributed by atoms with E-state index in [4.69, 9.17) is 4.74 Å². The van der Waals surface area contributed by atoms with Gasteiger partial charge in [-0.1, -0.05) is 30.3 Å². The molecule has 28 heavy (non-hydrogen) atoms. The van der Waals surface area contributed by atoms with E-state index in [-0.39, 0.29) is 17.4 Å². The van der Waals surface area contributed by atoms with Crippen molar-refractivity contribution in [3.63, 3.8) is 0 Å². The Bertz CT molecular complexity index is 1090. The number of hydrogen-bond donors (Lipinski definition) is 1. The molecule has 0 saturated carbocycles. The predicted molar refractivity (Wildman–Crippen MR) is 104 cm³/mol. The summed E-state index contributed by atoms with van der Waals surface area (Å²) in [5, 5.41) is 7.08. The van der Waals surface area contributed by atoms with Crippen molar-refractivity contribution in [1.29, 1.82) is 0 Å². The summed E-state index contributed by atoms with van der Waals surface area (Å²) in [7, 11) is 0. The number of nitrogens with zero attached hydrogens (tertiary/aromatic N) is 2. The fourth-order valence-electron chi connectivity index (χ4n) is 2.64. The first-order valence-electron chi connectivity index (χ1n) is 8.64. The van der Waals surface area contributed by atoms with Crippen LogP contribution in [-0.2, 0) is 0 Å². The second kappa shape index (κ2) is 7.75. The van der Waals surface area contributed by atoms with Crippen LogP contribution < -0.4 is 10.1 Å². The van der Waals surface area contributed by atoms with Crippen LogP contribution in [0.15, 0.2) is 91.1 Å². The lowest BCUT2D eigenvalue weighted by Crippen LogP contribution is -2.13. The fourth-order valence-corrected chi connectivity index (χ4v) is 2.64. The summed E-state index contributed by atoms with van der Waals surface area (Å²) < 4.78 is 20.4. The maximum Gasteiger partial charge on any atom is 0.276 e. The van der Waals surface area contributed by atoms with E-state index in [1.54, 1.807) is 36.5 Å². The van der Waals surface area contributed by atoms with Crippen molar-refractivity contribution in [2.75, 3.05) is 5.32 Å². The van der Waals surface area contributed by atoms with E-state index >= 15 is 0 Å². The highest BCUT2D eigenvalue weighted by Crippen LogP contribution is 2.29. The van der Waals surface area contributed by atoms with Gasteiger partial charge < -0.3 is 10.1 Å². The van der Waals surface area contributed by atoms with E-state index < -0.39 is 0 Å². The molecule has 0 fully saturated rings. The van der Waals surface area contributed by atoms with Crippen molar-refractivity contribution in [3.8, 4) is 17.2 Å². The Labute approximate surface area is 161 Å². The van der Waals surface area contributed by atoms with Crippen LogP contribution in [0.1, 0.15) is 10.5 Å². The fraction of sp³-hybridized carbons (Fsp3) is 0. The van der Waals surface area contributed by atoms with Crippen LogP contribution in [0.4, 0.5) is 10.1 Å². The number of nitrogens with one attached hydrogen (secondary N) is 1. The topological polar surface area (TPSA) is 56.1 Å². The SMILES string of the molecule is O=C(Nc1ccccc1Oc1ccccc1)c1ccn(-c2ccc(F)cc2)n1. The molecule has 0 saturated heterocycles. The molecular weight excluding hydrogens is 357 g/mol. The minimum Gasteiger partial charge on any atom is -0.455 e. The number of aromatic nitrogens is 2. The molecule has 138 valence electrons. The summed E-state index contributed by atoms with van der Waals surface area (Å²) in [6.07, 6.45) is 1.65. The standard InChI is InChI=1S/C22H16FN3O2/c23-16-10-12-17(13-11-16)26-15-14-20(25-26)22(27)24-19-8-4-5-9-21(19)28-18-6-2-1-3-7-18/h1-15H,(H,24,27). The second-order valence-corrected chi connectivity index (χ2v) is 5.99. The quantitative estimate of drug-likeness (QED) is 0.532. The van der Waals surface area contributed by atoms with Gasteiger partial charge in [-0.25, -0.2) is 9.07 Å². The molecule has 0 aliphatic rings. The highest BCUT2D eigenvalue weighted by Gasteiger charge is 2.13. The van der Waals surface area contributed by atoms with Gasteiger partial charge in [0.25, 0.3) is 5.91 Å².